The maximum atomic E-state index is 12.6. The molecule has 0 amide bonds. The van der Waals surface area contributed by atoms with Gasteiger partial charge < -0.3 is 9.15 Å². The summed E-state index contributed by atoms with van der Waals surface area (Å²) >= 11 is 0. The molecule has 4 nitrogen and oxygen atoms in total. The van der Waals surface area contributed by atoms with Gasteiger partial charge in [0.15, 0.2) is 11.3 Å². The Kier molecular flexibility index (Phi) is 6.36. The van der Waals surface area contributed by atoms with Gasteiger partial charge in [-0.1, -0.05) is 37.8 Å². The molecule has 152 valence electrons. The number of hydrogen-bond acceptors (Lipinski definition) is 4. The van der Waals surface area contributed by atoms with Gasteiger partial charge in [0.2, 0.25) is 0 Å². The molecule has 1 fully saturated rings. The number of carbonyl (C=O) groups is 1. The zero-order valence-corrected chi connectivity index (χ0v) is 17.2. The number of fused-ring (bicyclic) bond motifs is 3. The van der Waals surface area contributed by atoms with Gasteiger partial charge in [0.25, 0.3) is 0 Å². The summed E-state index contributed by atoms with van der Waals surface area (Å²) in [5.74, 6) is 2.76. The largest absolute Gasteiger partial charge is 0.490 e. The molecular weight excluding hydrogens is 350 g/mol. The monoisotopic (exact) mass is 383 g/mol. The van der Waals surface area contributed by atoms with Gasteiger partial charge in [-0.3, -0.25) is 9.69 Å². The van der Waals surface area contributed by atoms with E-state index >= 15 is 0 Å². The molecular formula is C24H33NO3. The number of benzene rings is 1. The Bertz CT molecular complexity index is 802. The van der Waals surface area contributed by atoms with Crippen molar-refractivity contribution in [3.63, 3.8) is 0 Å². The van der Waals surface area contributed by atoms with E-state index in [1.807, 2.05) is 13.0 Å². The maximum Gasteiger partial charge on any atom is 0.176 e. The first-order chi connectivity index (χ1) is 13.8. The van der Waals surface area contributed by atoms with Gasteiger partial charge in [0, 0.05) is 29.8 Å². The van der Waals surface area contributed by atoms with Gasteiger partial charge in [0.05, 0.1) is 13.2 Å². The van der Waals surface area contributed by atoms with Gasteiger partial charge in [-0.25, -0.2) is 0 Å². The third-order valence-electron chi connectivity index (χ3n) is 6.42. The Morgan fingerprint density at radius 3 is 2.82 bits per heavy atom. The highest BCUT2D eigenvalue weighted by Crippen LogP contribution is 2.35. The summed E-state index contributed by atoms with van der Waals surface area (Å²) in [6.07, 6.45) is 10.0. The summed E-state index contributed by atoms with van der Waals surface area (Å²) in [5.41, 5.74) is 2.22. The second kappa shape index (κ2) is 9.13. The van der Waals surface area contributed by atoms with E-state index in [9.17, 15) is 4.79 Å². The number of Topliss-reactive ketones (excluding diaryl/α,β-unsaturated/α-hetero) is 1. The molecule has 4 heteroatoms. The molecule has 2 aromatic rings. The molecule has 0 spiro atoms. The maximum absolute atomic E-state index is 12.6. The third-order valence-corrected chi connectivity index (χ3v) is 6.42. The van der Waals surface area contributed by atoms with Crippen molar-refractivity contribution >= 4 is 16.8 Å². The lowest BCUT2D eigenvalue weighted by atomic mass is 9.92. The molecule has 1 aliphatic carbocycles. The van der Waals surface area contributed by atoms with E-state index in [1.165, 1.54) is 36.6 Å². The topological polar surface area (TPSA) is 42.7 Å². The molecule has 28 heavy (non-hydrogen) atoms. The molecule has 0 N–H and O–H groups in total. The standard InChI is InChI=1S/C24H33NO3/c1-2-27-22-13-7-11-20-19-14-16-25(17-23(19)28-24(20)22)15-8-12-21(26)18-9-5-3-4-6-10-18/h7,11,13,18H,2-6,8-10,12,14-17H2,1H3. The molecule has 0 atom stereocenters. The van der Waals surface area contributed by atoms with Gasteiger partial charge in [-0.15, -0.1) is 0 Å². The number of hydrogen-bond donors (Lipinski definition) is 0. The van der Waals surface area contributed by atoms with Crippen LogP contribution >= 0.6 is 0 Å². The van der Waals surface area contributed by atoms with Gasteiger partial charge in [-0.05, 0) is 45.2 Å². The second-order valence-corrected chi connectivity index (χ2v) is 8.35. The molecule has 0 unspecified atom stereocenters. The van der Waals surface area contributed by atoms with Crippen LogP contribution in [-0.2, 0) is 17.8 Å². The lowest BCUT2D eigenvalue weighted by molar-refractivity contribution is -0.123. The SMILES string of the molecule is CCOc1cccc2c3c(oc12)CN(CCCC(=O)C1CCCCCC1)CC3. The summed E-state index contributed by atoms with van der Waals surface area (Å²) in [6.45, 7) is 5.50. The fraction of sp³-hybridized carbons (Fsp3) is 0.625. The Morgan fingerprint density at radius 2 is 2.04 bits per heavy atom. The number of rotatable bonds is 7. The van der Waals surface area contributed by atoms with E-state index in [1.54, 1.807) is 0 Å². The van der Waals surface area contributed by atoms with Crippen molar-refractivity contribution < 1.29 is 13.9 Å². The minimum Gasteiger partial charge on any atom is -0.490 e. The van der Waals surface area contributed by atoms with Crippen LogP contribution < -0.4 is 4.74 Å². The number of ether oxygens (including phenoxy) is 1. The molecule has 1 saturated carbocycles. The predicted molar refractivity (Wildman–Crippen MR) is 112 cm³/mol. The molecule has 0 bridgehead atoms. The van der Waals surface area contributed by atoms with Crippen LogP contribution in [0.3, 0.4) is 0 Å². The van der Waals surface area contributed by atoms with Crippen LogP contribution in [0.15, 0.2) is 22.6 Å². The van der Waals surface area contributed by atoms with Crippen LogP contribution in [-0.4, -0.2) is 30.4 Å². The van der Waals surface area contributed by atoms with E-state index < -0.39 is 0 Å². The van der Waals surface area contributed by atoms with E-state index in [0.29, 0.717) is 18.3 Å². The summed E-state index contributed by atoms with van der Waals surface area (Å²) in [6, 6.07) is 6.17. The molecule has 1 aromatic carbocycles. The number of carbonyl (C=O) groups excluding carboxylic acids is 1. The minimum atomic E-state index is 0.336. The highest BCUT2D eigenvalue weighted by molar-refractivity contribution is 5.87. The van der Waals surface area contributed by atoms with Gasteiger partial charge in [0.1, 0.15) is 11.5 Å². The Balaban J connectivity index is 1.33. The predicted octanol–water partition coefficient (Wildman–Crippen LogP) is 5.51. The van der Waals surface area contributed by atoms with Crippen molar-refractivity contribution in [1.82, 2.24) is 4.90 Å². The fourth-order valence-electron chi connectivity index (χ4n) is 4.89. The van der Waals surface area contributed by atoms with Crippen molar-refractivity contribution in [2.45, 2.75) is 71.3 Å². The molecule has 4 rings (SSSR count). The van der Waals surface area contributed by atoms with E-state index in [-0.39, 0.29) is 0 Å². The average Bonchev–Trinajstić information content (AvgIpc) is 2.88. The highest BCUT2D eigenvalue weighted by Gasteiger charge is 2.24. The number of nitrogens with zero attached hydrogens (tertiary/aromatic N) is 1. The minimum absolute atomic E-state index is 0.336. The normalized spacial score (nSPS) is 18.8. The number of para-hydroxylation sites is 1. The van der Waals surface area contributed by atoms with Crippen LogP contribution in [0.25, 0.3) is 11.0 Å². The molecule has 0 saturated heterocycles. The smallest absolute Gasteiger partial charge is 0.176 e. The first kappa shape index (κ1) is 19.5. The molecule has 2 aliphatic rings. The first-order valence-electron chi connectivity index (χ1n) is 11.2. The highest BCUT2D eigenvalue weighted by atomic mass is 16.5. The average molecular weight is 384 g/mol. The molecule has 0 radical (unpaired) electrons. The second-order valence-electron chi connectivity index (χ2n) is 8.35. The quantitative estimate of drug-likeness (QED) is 0.591. The van der Waals surface area contributed by atoms with Crippen LogP contribution in [0.4, 0.5) is 0 Å². The third kappa shape index (κ3) is 4.27. The number of furan rings is 1. The van der Waals surface area contributed by atoms with Crippen molar-refractivity contribution in [3.05, 3.63) is 29.5 Å². The van der Waals surface area contributed by atoms with Crippen LogP contribution in [0.5, 0.6) is 5.75 Å². The summed E-state index contributed by atoms with van der Waals surface area (Å²) < 4.78 is 11.9. The zero-order valence-electron chi connectivity index (χ0n) is 17.2. The van der Waals surface area contributed by atoms with E-state index in [0.717, 1.165) is 68.8 Å². The van der Waals surface area contributed by atoms with Crippen molar-refractivity contribution in [1.29, 1.82) is 0 Å². The zero-order chi connectivity index (χ0) is 19.3. The van der Waals surface area contributed by atoms with Crippen LogP contribution in [0.1, 0.15) is 69.6 Å². The molecule has 1 aliphatic heterocycles. The van der Waals surface area contributed by atoms with Gasteiger partial charge in [-0.2, -0.15) is 0 Å². The van der Waals surface area contributed by atoms with Crippen molar-refractivity contribution in [2.24, 2.45) is 5.92 Å². The Labute approximate surface area is 168 Å². The van der Waals surface area contributed by atoms with Crippen LogP contribution in [0.2, 0.25) is 0 Å². The van der Waals surface area contributed by atoms with Gasteiger partial charge >= 0.3 is 0 Å². The van der Waals surface area contributed by atoms with Crippen LogP contribution in [0, 0.1) is 5.92 Å². The van der Waals surface area contributed by atoms with Crippen molar-refractivity contribution in [3.8, 4) is 5.75 Å². The Hall–Kier alpha value is -1.81. The van der Waals surface area contributed by atoms with E-state index in [4.69, 9.17) is 9.15 Å². The summed E-state index contributed by atoms with van der Waals surface area (Å²) in [4.78, 5) is 15.0. The summed E-state index contributed by atoms with van der Waals surface area (Å²) in [5, 5.41) is 1.20. The van der Waals surface area contributed by atoms with Crippen molar-refractivity contribution in [2.75, 3.05) is 19.7 Å². The Morgan fingerprint density at radius 1 is 1.21 bits per heavy atom. The molecule has 2 heterocycles. The lowest BCUT2D eigenvalue weighted by Crippen LogP contribution is -2.31. The van der Waals surface area contributed by atoms with E-state index in [2.05, 4.69) is 17.0 Å². The number of ketones is 1. The first-order valence-corrected chi connectivity index (χ1v) is 11.2. The summed E-state index contributed by atoms with van der Waals surface area (Å²) in [7, 11) is 0. The fourth-order valence-corrected chi connectivity index (χ4v) is 4.89. The molecule has 1 aromatic heterocycles. The lowest BCUT2D eigenvalue weighted by Gasteiger charge is -2.26.